The first-order valence-corrected chi connectivity index (χ1v) is 6.30. The number of rotatable bonds is 4. The van der Waals surface area contributed by atoms with Crippen LogP contribution in [0.1, 0.15) is 12.5 Å². The molecule has 0 radical (unpaired) electrons. The second-order valence-corrected chi connectivity index (χ2v) is 5.05. The highest BCUT2D eigenvalue weighted by Crippen LogP contribution is 2.25. The molecule has 12 heavy (non-hydrogen) atoms. The molecule has 0 amide bonds. The van der Waals surface area contributed by atoms with Crippen molar-refractivity contribution in [2.75, 3.05) is 5.75 Å². The Morgan fingerprint density at radius 1 is 1.17 bits per heavy atom. The van der Waals surface area contributed by atoms with E-state index in [-0.39, 0.29) is 5.82 Å². The van der Waals surface area contributed by atoms with Gasteiger partial charge >= 0.3 is 0 Å². The van der Waals surface area contributed by atoms with Crippen molar-refractivity contribution in [3.8, 4) is 0 Å². The second-order valence-electron chi connectivity index (χ2n) is 2.30. The van der Waals surface area contributed by atoms with Gasteiger partial charge in [-0.05, 0) is 17.7 Å². The fraction of sp³-hybridized carbons (Fsp3) is 0.333. The second kappa shape index (κ2) is 5.49. The summed E-state index contributed by atoms with van der Waals surface area (Å²) in [5.74, 6) is 1.91. The van der Waals surface area contributed by atoms with E-state index in [2.05, 4.69) is 6.92 Å². The van der Waals surface area contributed by atoms with Gasteiger partial charge in [-0.15, -0.1) is 0 Å². The summed E-state index contributed by atoms with van der Waals surface area (Å²) in [4.78, 5) is 0. The maximum absolute atomic E-state index is 12.5. The third-order valence-corrected chi connectivity index (χ3v) is 3.75. The summed E-state index contributed by atoms with van der Waals surface area (Å²) in [6, 6.07) is 6.68. The van der Waals surface area contributed by atoms with E-state index in [9.17, 15) is 4.39 Å². The standard InChI is InChI=1S/C9H11FS2/c1-2-11-12-7-8-3-5-9(10)6-4-8/h3-6H,2,7H2,1H3. The minimum atomic E-state index is -0.160. The lowest BCUT2D eigenvalue weighted by molar-refractivity contribution is 0.627. The molecular weight excluding hydrogens is 191 g/mol. The normalized spacial score (nSPS) is 10.2. The van der Waals surface area contributed by atoms with Crippen LogP contribution in [0.3, 0.4) is 0 Å². The van der Waals surface area contributed by atoms with Gasteiger partial charge in [-0.25, -0.2) is 4.39 Å². The van der Waals surface area contributed by atoms with Gasteiger partial charge in [-0.2, -0.15) is 0 Å². The molecule has 0 bridgehead atoms. The maximum Gasteiger partial charge on any atom is 0.123 e. The molecule has 0 heterocycles. The van der Waals surface area contributed by atoms with E-state index in [1.807, 2.05) is 22.9 Å². The number of halogens is 1. The number of benzene rings is 1. The largest absolute Gasteiger partial charge is 0.207 e. The van der Waals surface area contributed by atoms with Crippen molar-refractivity contribution in [2.24, 2.45) is 0 Å². The molecule has 1 aromatic rings. The highest BCUT2D eigenvalue weighted by Gasteiger charge is 1.93. The predicted molar refractivity (Wildman–Crippen MR) is 55.8 cm³/mol. The van der Waals surface area contributed by atoms with E-state index >= 15 is 0 Å². The Morgan fingerprint density at radius 2 is 1.83 bits per heavy atom. The summed E-state index contributed by atoms with van der Waals surface area (Å²) in [7, 11) is 3.64. The highest BCUT2D eigenvalue weighted by atomic mass is 33.1. The zero-order chi connectivity index (χ0) is 8.81. The number of hydrogen-bond acceptors (Lipinski definition) is 2. The SMILES string of the molecule is CCSSCc1ccc(F)cc1. The Kier molecular flexibility index (Phi) is 4.54. The van der Waals surface area contributed by atoms with E-state index < -0.39 is 0 Å². The van der Waals surface area contributed by atoms with Crippen LogP contribution in [0.4, 0.5) is 4.39 Å². The lowest BCUT2D eigenvalue weighted by Crippen LogP contribution is -1.79. The molecule has 0 saturated carbocycles. The molecule has 3 heteroatoms. The van der Waals surface area contributed by atoms with Crippen LogP contribution in [0, 0.1) is 5.82 Å². The molecule has 1 rings (SSSR count). The zero-order valence-electron chi connectivity index (χ0n) is 6.92. The van der Waals surface area contributed by atoms with Crippen LogP contribution in [0.25, 0.3) is 0 Å². The minimum Gasteiger partial charge on any atom is -0.207 e. The topological polar surface area (TPSA) is 0 Å². The number of hydrogen-bond donors (Lipinski definition) is 0. The fourth-order valence-corrected chi connectivity index (χ4v) is 2.51. The Labute approximate surface area is 80.3 Å². The Balaban J connectivity index is 2.37. The fourth-order valence-electron chi connectivity index (χ4n) is 0.774. The molecule has 66 valence electrons. The molecule has 0 saturated heterocycles. The van der Waals surface area contributed by atoms with Crippen LogP contribution in [0.2, 0.25) is 0 Å². The van der Waals surface area contributed by atoms with Crippen molar-refractivity contribution in [3.63, 3.8) is 0 Å². The highest BCUT2D eigenvalue weighted by molar-refractivity contribution is 8.76. The van der Waals surface area contributed by atoms with E-state index in [0.717, 1.165) is 11.5 Å². The Morgan fingerprint density at radius 3 is 2.42 bits per heavy atom. The molecule has 0 fully saturated rings. The quantitative estimate of drug-likeness (QED) is 0.539. The lowest BCUT2D eigenvalue weighted by Gasteiger charge is -1.98. The molecule has 0 unspecified atom stereocenters. The summed E-state index contributed by atoms with van der Waals surface area (Å²) < 4.78 is 12.5. The van der Waals surface area contributed by atoms with Gasteiger partial charge in [-0.1, -0.05) is 40.6 Å². The Bertz CT molecular complexity index is 220. The van der Waals surface area contributed by atoms with Crippen molar-refractivity contribution in [1.29, 1.82) is 0 Å². The average Bonchev–Trinajstić information content (AvgIpc) is 2.09. The Hall–Kier alpha value is -0.150. The van der Waals surface area contributed by atoms with E-state index in [1.165, 1.54) is 17.7 Å². The van der Waals surface area contributed by atoms with E-state index in [4.69, 9.17) is 0 Å². The van der Waals surface area contributed by atoms with Crippen LogP contribution >= 0.6 is 21.6 Å². The summed E-state index contributed by atoms with van der Waals surface area (Å²) in [5, 5.41) is 0. The average molecular weight is 202 g/mol. The van der Waals surface area contributed by atoms with Gasteiger partial charge in [0.05, 0.1) is 0 Å². The smallest absolute Gasteiger partial charge is 0.123 e. The van der Waals surface area contributed by atoms with E-state index in [1.54, 1.807) is 10.8 Å². The summed E-state index contributed by atoms with van der Waals surface area (Å²) in [6.45, 7) is 2.13. The summed E-state index contributed by atoms with van der Waals surface area (Å²) in [5.41, 5.74) is 1.18. The minimum absolute atomic E-state index is 0.160. The van der Waals surface area contributed by atoms with Crippen molar-refractivity contribution >= 4 is 21.6 Å². The third kappa shape index (κ3) is 3.50. The van der Waals surface area contributed by atoms with Gasteiger partial charge in [0, 0.05) is 11.5 Å². The van der Waals surface area contributed by atoms with Gasteiger partial charge < -0.3 is 0 Å². The van der Waals surface area contributed by atoms with E-state index in [0.29, 0.717) is 0 Å². The van der Waals surface area contributed by atoms with Gasteiger partial charge in [0.15, 0.2) is 0 Å². The van der Waals surface area contributed by atoms with Crippen LogP contribution in [-0.2, 0) is 5.75 Å². The van der Waals surface area contributed by atoms with Crippen molar-refractivity contribution in [1.82, 2.24) is 0 Å². The van der Waals surface area contributed by atoms with Crippen LogP contribution in [0.15, 0.2) is 24.3 Å². The zero-order valence-corrected chi connectivity index (χ0v) is 8.55. The van der Waals surface area contributed by atoms with Gasteiger partial charge in [-0.3, -0.25) is 0 Å². The molecule has 0 N–H and O–H groups in total. The summed E-state index contributed by atoms with van der Waals surface area (Å²) in [6.07, 6.45) is 0. The van der Waals surface area contributed by atoms with Crippen LogP contribution in [0.5, 0.6) is 0 Å². The first-order valence-electron chi connectivity index (χ1n) is 3.82. The lowest BCUT2D eigenvalue weighted by atomic mass is 10.2. The molecule has 0 nitrogen and oxygen atoms in total. The van der Waals surface area contributed by atoms with Gasteiger partial charge in [0.2, 0.25) is 0 Å². The summed E-state index contributed by atoms with van der Waals surface area (Å²) >= 11 is 0. The molecule has 0 aliphatic carbocycles. The molecule has 1 aromatic carbocycles. The van der Waals surface area contributed by atoms with Crippen molar-refractivity contribution in [3.05, 3.63) is 35.6 Å². The van der Waals surface area contributed by atoms with Crippen molar-refractivity contribution < 1.29 is 4.39 Å². The maximum atomic E-state index is 12.5. The monoisotopic (exact) mass is 202 g/mol. The van der Waals surface area contributed by atoms with Crippen LogP contribution in [-0.4, -0.2) is 5.75 Å². The first-order chi connectivity index (χ1) is 5.83. The third-order valence-electron chi connectivity index (χ3n) is 1.34. The van der Waals surface area contributed by atoms with Crippen molar-refractivity contribution in [2.45, 2.75) is 12.7 Å². The van der Waals surface area contributed by atoms with Gasteiger partial charge in [0.1, 0.15) is 5.82 Å². The molecule has 0 spiro atoms. The molecule has 0 aromatic heterocycles. The van der Waals surface area contributed by atoms with Gasteiger partial charge in [0.25, 0.3) is 0 Å². The first kappa shape index (κ1) is 9.93. The molecule has 0 aliphatic rings. The molecule has 0 aliphatic heterocycles. The molecule has 0 atom stereocenters. The predicted octanol–water partition coefficient (Wildman–Crippen LogP) is 3.73. The molecular formula is C9H11FS2. The van der Waals surface area contributed by atoms with Crippen LogP contribution < -0.4 is 0 Å².